The Kier molecular flexibility index (Phi) is 7.01. The van der Waals surface area contributed by atoms with Gasteiger partial charge in [-0.1, -0.05) is 6.92 Å². The highest BCUT2D eigenvalue weighted by molar-refractivity contribution is 7.99. The van der Waals surface area contributed by atoms with Crippen molar-refractivity contribution in [2.75, 3.05) is 48.7 Å². The van der Waals surface area contributed by atoms with Gasteiger partial charge in [0.25, 0.3) is 5.91 Å². The maximum atomic E-state index is 14.1. The molecule has 0 saturated carbocycles. The van der Waals surface area contributed by atoms with Crippen molar-refractivity contribution in [2.45, 2.75) is 31.2 Å². The average Bonchev–Trinajstić information content (AvgIpc) is 2.98. The van der Waals surface area contributed by atoms with E-state index in [4.69, 9.17) is 0 Å². The summed E-state index contributed by atoms with van der Waals surface area (Å²) in [5.41, 5.74) is 2.86. The molecular weight excluding hydrogens is 427 g/mol. The Morgan fingerprint density at radius 1 is 1.19 bits per heavy atom. The first-order valence-corrected chi connectivity index (χ1v) is 12.1. The van der Waals surface area contributed by atoms with E-state index < -0.39 is 0 Å². The summed E-state index contributed by atoms with van der Waals surface area (Å²) in [6.07, 6.45) is 0.451. The first-order chi connectivity index (χ1) is 15.4. The predicted octanol–water partition coefficient (Wildman–Crippen LogP) is 3.89. The number of nitrogens with one attached hydrogen (secondary N) is 2. The molecule has 1 saturated heterocycles. The molecule has 2 N–H and O–H groups in total. The van der Waals surface area contributed by atoms with Gasteiger partial charge in [-0.15, -0.1) is 11.8 Å². The van der Waals surface area contributed by atoms with Gasteiger partial charge in [0.15, 0.2) is 0 Å². The molecule has 1 atom stereocenters. The Labute approximate surface area is 192 Å². The summed E-state index contributed by atoms with van der Waals surface area (Å²) in [5, 5.41) is 5.88. The van der Waals surface area contributed by atoms with Gasteiger partial charge in [0, 0.05) is 60.1 Å². The third kappa shape index (κ3) is 5.07. The molecule has 8 heteroatoms. The van der Waals surface area contributed by atoms with E-state index >= 15 is 0 Å². The first kappa shape index (κ1) is 22.6. The number of halogens is 1. The third-order valence-corrected chi connectivity index (χ3v) is 7.14. The van der Waals surface area contributed by atoms with Gasteiger partial charge in [-0.25, -0.2) is 4.39 Å². The third-order valence-electron chi connectivity index (χ3n) is 6.07. The Balaban J connectivity index is 1.51. The van der Waals surface area contributed by atoms with Crippen molar-refractivity contribution in [3.05, 3.63) is 53.3 Å². The first-order valence-electron chi connectivity index (χ1n) is 11.1. The summed E-state index contributed by atoms with van der Waals surface area (Å²) in [7, 11) is 0. The number of thioether (sulfide) groups is 1. The molecule has 2 aliphatic rings. The molecule has 2 aromatic carbocycles. The Hall–Kier alpha value is -2.58. The Bertz CT molecular complexity index is 1010. The minimum atomic E-state index is -0.375. The summed E-state index contributed by atoms with van der Waals surface area (Å²) in [4.78, 5) is 30.5. The van der Waals surface area contributed by atoms with E-state index in [0.717, 1.165) is 54.6 Å². The second-order valence-corrected chi connectivity index (χ2v) is 9.31. The lowest BCUT2D eigenvalue weighted by molar-refractivity contribution is -0.115. The van der Waals surface area contributed by atoms with Gasteiger partial charge >= 0.3 is 0 Å². The molecule has 1 fully saturated rings. The molecule has 0 aromatic heterocycles. The van der Waals surface area contributed by atoms with Crippen LogP contribution in [0.5, 0.6) is 0 Å². The van der Waals surface area contributed by atoms with Crippen LogP contribution in [0.2, 0.25) is 0 Å². The molecule has 2 heterocycles. The van der Waals surface area contributed by atoms with E-state index in [1.54, 1.807) is 23.9 Å². The summed E-state index contributed by atoms with van der Waals surface area (Å²) >= 11 is 1.60. The van der Waals surface area contributed by atoms with E-state index in [-0.39, 0.29) is 23.7 Å². The van der Waals surface area contributed by atoms with Crippen LogP contribution < -0.4 is 15.5 Å². The number of amides is 2. The number of likely N-dealkylation sites (N-methyl/N-ethyl adjacent to an activating group) is 1. The molecule has 1 unspecified atom stereocenters. The van der Waals surface area contributed by atoms with Crippen molar-refractivity contribution in [3.8, 4) is 0 Å². The fourth-order valence-corrected chi connectivity index (χ4v) is 5.12. The second-order valence-electron chi connectivity index (χ2n) is 8.18. The lowest BCUT2D eigenvalue weighted by Gasteiger charge is -2.37. The molecule has 6 nitrogen and oxygen atoms in total. The summed E-state index contributed by atoms with van der Waals surface area (Å²) < 4.78 is 14.1. The van der Waals surface area contributed by atoms with E-state index in [0.29, 0.717) is 17.7 Å². The van der Waals surface area contributed by atoms with Gasteiger partial charge in [0.1, 0.15) is 5.82 Å². The number of fused-ring (bicyclic) bond motifs is 1. The normalized spacial score (nSPS) is 17.8. The molecule has 2 amide bonds. The van der Waals surface area contributed by atoms with E-state index in [9.17, 15) is 14.0 Å². The van der Waals surface area contributed by atoms with Crippen LogP contribution in [0.25, 0.3) is 0 Å². The fraction of sp³-hybridized carbons (Fsp3) is 0.417. The monoisotopic (exact) mass is 456 g/mol. The zero-order chi connectivity index (χ0) is 22.7. The number of hydrogen-bond donors (Lipinski definition) is 2. The molecule has 0 aliphatic carbocycles. The van der Waals surface area contributed by atoms with Crippen LogP contribution in [0.4, 0.5) is 15.8 Å². The van der Waals surface area contributed by atoms with Gasteiger partial charge in [0.2, 0.25) is 5.91 Å². The highest BCUT2D eigenvalue weighted by Gasteiger charge is 2.23. The molecule has 4 rings (SSSR count). The van der Waals surface area contributed by atoms with Gasteiger partial charge in [-0.2, -0.15) is 0 Å². The molecule has 2 aliphatic heterocycles. The van der Waals surface area contributed by atoms with Crippen molar-refractivity contribution >= 4 is 35.0 Å². The summed E-state index contributed by atoms with van der Waals surface area (Å²) in [5.74, 6) is 0.0994. The molecule has 0 bridgehead atoms. The zero-order valence-electron chi connectivity index (χ0n) is 18.5. The molecule has 0 radical (unpaired) electrons. The number of nitrogens with zero attached hydrogens (tertiary/aromatic N) is 2. The van der Waals surface area contributed by atoms with E-state index in [1.807, 2.05) is 19.1 Å². The molecule has 2 aromatic rings. The maximum Gasteiger partial charge on any atom is 0.251 e. The summed E-state index contributed by atoms with van der Waals surface area (Å²) in [6.45, 7) is 8.73. The predicted molar refractivity (Wildman–Crippen MR) is 127 cm³/mol. The van der Waals surface area contributed by atoms with Crippen LogP contribution in [-0.4, -0.2) is 55.2 Å². The van der Waals surface area contributed by atoms with Gasteiger partial charge in [0.05, 0.1) is 11.7 Å². The highest BCUT2D eigenvalue weighted by atomic mass is 32.2. The van der Waals surface area contributed by atoms with Crippen LogP contribution in [0, 0.1) is 5.82 Å². The van der Waals surface area contributed by atoms with Crippen LogP contribution in [0.15, 0.2) is 41.3 Å². The fourth-order valence-electron chi connectivity index (χ4n) is 4.18. The number of hydrogen-bond acceptors (Lipinski definition) is 5. The van der Waals surface area contributed by atoms with Crippen LogP contribution in [0.3, 0.4) is 0 Å². The largest absolute Gasteiger partial charge is 0.369 e. The van der Waals surface area contributed by atoms with Crippen molar-refractivity contribution < 1.29 is 14.0 Å². The quantitative estimate of drug-likeness (QED) is 0.715. The molecule has 32 heavy (non-hydrogen) atoms. The average molecular weight is 457 g/mol. The lowest BCUT2D eigenvalue weighted by atomic mass is 10.0. The number of rotatable bonds is 5. The second kappa shape index (κ2) is 9.92. The Morgan fingerprint density at radius 2 is 1.97 bits per heavy atom. The van der Waals surface area contributed by atoms with Gasteiger partial charge < -0.3 is 20.4 Å². The van der Waals surface area contributed by atoms with Gasteiger partial charge in [-0.05, 0) is 49.9 Å². The van der Waals surface area contributed by atoms with E-state index in [1.165, 1.54) is 12.1 Å². The standard InChI is InChI=1S/C24H29FN4O2S/c1-3-28-9-11-29(12-10-28)21-6-5-18(25)15-19(21)16(2)26-24(31)17-4-7-22-20(14-17)27-23(30)8-13-32-22/h4-7,14-16H,3,8-13H2,1-2H3,(H,26,31)(H,27,30). The van der Waals surface area contributed by atoms with Crippen molar-refractivity contribution in [1.82, 2.24) is 10.2 Å². The van der Waals surface area contributed by atoms with Crippen molar-refractivity contribution in [2.24, 2.45) is 0 Å². The number of piperazine rings is 1. The molecular formula is C24H29FN4O2S. The van der Waals surface area contributed by atoms with Crippen LogP contribution in [-0.2, 0) is 4.79 Å². The van der Waals surface area contributed by atoms with Gasteiger partial charge in [-0.3, -0.25) is 9.59 Å². The number of benzene rings is 2. The number of carbonyl (C=O) groups excluding carboxylic acids is 2. The topological polar surface area (TPSA) is 64.7 Å². The highest BCUT2D eigenvalue weighted by Crippen LogP contribution is 2.32. The maximum absolute atomic E-state index is 14.1. The van der Waals surface area contributed by atoms with Crippen molar-refractivity contribution in [3.63, 3.8) is 0 Å². The number of anilines is 2. The zero-order valence-corrected chi connectivity index (χ0v) is 19.3. The smallest absolute Gasteiger partial charge is 0.251 e. The van der Waals surface area contributed by atoms with E-state index in [2.05, 4.69) is 27.4 Å². The SMILES string of the molecule is CCN1CCN(c2ccc(F)cc2C(C)NC(=O)c2ccc3c(c2)NC(=O)CCS3)CC1. The summed E-state index contributed by atoms with van der Waals surface area (Å²) in [6, 6.07) is 9.77. The minimum Gasteiger partial charge on any atom is -0.369 e. The van der Waals surface area contributed by atoms with Crippen LogP contribution >= 0.6 is 11.8 Å². The number of carbonyl (C=O) groups is 2. The minimum absolute atomic E-state index is 0.0465. The van der Waals surface area contributed by atoms with Crippen LogP contribution in [0.1, 0.15) is 42.2 Å². The van der Waals surface area contributed by atoms with Crippen molar-refractivity contribution in [1.29, 1.82) is 0 Å². The molecule has 170 valence electrons. The lowest BCUT2D eigenvalue weighted by Crippen LogP contribution is -2.46. The Morgan fingerprint density at radius 3 is 2.72 bits per heavy atom. The molecule has 0 spiro atoms.